The highest BCUT2D eigenvalue weighted by Crippen LogP contribution is 2.32. The molecule has 0 aromatic carbocycles. The van der Waals surface area contributed by atoms with Crippen molar-refractivity contribution in [3.05, 3.63) is 30.1 Å². The first-order valence-corrected chi connectivity index (χ1v) is 10.9. The average molecular weight is 415 g/mol. The maximum atomic E-state index is 13.2. The summed E-state index contributed by atoms with van der Waals surface area (Å²) in [7, 11) is 0. The molecule has 1 saturated heterocycles. The molecule has 0 saturated carbocycles. The number of ether oxygens (including phenoxy) is 1. The summed E-state index contributed by atoms with van der Waals surface area (Å²) in [4.78, 5) is 33.4. The first kappa shape index (κ1) is 23.7. The average Bonchev–Trinajstić information content (AvgIpc) is 2.75. The molecule has 164 valence electrons. The molecule has 2 rings (SSSR count). The van der Waals surface area contributed by atoms with Crippen molar-refractivity contribution in [2.24, 2.45) is 11.8 Å². The molecule has 1 fully saturated rings. The van der Waals surface area contributed by atoms with Crippen LogP contribution in [0.1, 0.15) is 58.4 Å². The lowest BCUT2D eigenvalue weighted by atomic mass is 9.81. The van der Waals surface area contributed by atoms with Gasteiger partial charge in [-0.15, -0.1) is 0 Å². The minimum Gasteiger partial charge on any atom is -0.464 e. The van der Waals surface area contributed by atoms with Crippen LogP contribution in [0.2, 0.25) is 0 Å². The third-order valence-corrected chi connectivity index (χ3v) is 5.68. The van der Waals surface area contributed by atoms with Crippen LogP contribution in [0, 0.1) is 23.2 Å². The van der Waals surface area contributed by atoms with E-state index in [4.69, 9.17) is 4.74 Å². The molecule has 1 unspecified atom stereocenters. The largest absolute Gasteiger partial charge is 0.464 e. The topological polar surface area (TPSA) is 86.5 Å². The summed E-state index contributed by atoms with van der Waals surface area (Å²) in [5, 5.41) is 9.68. The first-order chi connectivity index (χ1) is 14.4. The van der Waals surface area contributed by atoms with Crippen LogP contribution in [0.15, 0.2) is 24.5 Å². The van der Waals surface area contributed by atoms with E-state index in [0.29, 0.717) is 32.7 Å². The van der Waals surface area contributed by atoms with Gasteiger partial charge in [0.25, 0.3) is 0 Å². The van der Waals surface area contributed by atoms with Crippen LogP contribution in [0.4, 0.5) is 4.79 Å². The number of carbonyl (C=O) groups is 2. The van der Waals surface area contributed by atoms with Crippen molar-refractivity contribution in [1.29, 1.82) is 5.26 Å². The Morgan fingerprint density at radius 2 is 2.03 bits per heavy atom. The number of amides is 2. The molecule has 1 aromatic heterocycles. The fraction of sp³-hybridized carbons (Fsp3) is 0.652. The SMILES string of the molecule is CCOC(=O)[C@H](CC(C)C)N(CC)C(=O)N1CCC(C(C#N)c2cccnc2)CC1. The van der Waals surface area contributed by atoms with Gasteiger partial charge in [0.15, 0.2) is 0 Å². The standard InChI is InChI=1S/C23H34N4O3/c1-5-27(21(14-17(3)4)22(28)30-6-2)23(29)26-12-9-18(10-13-26)20(15-24)19-8-7-11-25-16-19/h7-8,11,16-18,20-21H,5-6,9-10,12-14H2,1-4H3/t20?,21-/m0/s1. The number of hydrogen-bond donors (Lipinski definition) is 0. The summed E-state index contributed by atoms with van der Waals surface area (Å²) in [6, 6.07) is 5.52. The van der Waals surface area contributed by atoms with Gasteiger partial charge in [0.2, 0.25) is 0 Å². The molecule has 1 aliphatic rings. The van der Waals surface area contributed by atoms with E-state index in [-0.39, 0.29) is 29.8 Å². The fourth-order valence-electron chi connectivity index (χ4n) is 4.14. The van der Waals surface area contributed by atoms with Gasteiger partial charge < -0.3 is 14.5 Å². The lowest BCUT2D eigenvalue weighted by Gasteiger charge is -2.39. The number of likely N-dealkylation sites (tertiary alicyclic amines) is 1. The Kier molecular flexibility index (Phi) is 9.10. The molecule has 2 atom stereocenters. The van der Waals surface area contributed by atoms with E-state index in [0.717, 1.165) is 18.4 Å². The highest BCUT2D eigenvalue weighted by molar-refractivity contribution is 5.83. The summed E-state index contributed by atoms with van der Waals surface area (Å²) >= 11 is 0. The molecule has 7 heteroatoms. The van der Waals surface area contributed by atoms with Crippen LogP contribution in [0.5, 0.6) is 0 Å². The predicted molar refractivity (Wildman–Crippen MR) is 115 cm³/mol. The lowest BCUT2D eigenvalue weighted by molar-refractivity contribution is -0.149. The Hall–Kier alpha value is -2.62. The van der Waals surface area contributed by atoms with Gasteiger partial charge in [-0.3, -0.25) is 4.98 Å². The molecular weight excluding hydrogens is 380 g/mol. The Morgan fingerprint density at radius 3 is 2.53 bits per heavy atom. The summed E-state index contributed by atoms with van der Waals surface area (Å²) in [6.45, 7) is 9.66. The zero-order valence-electron chi connectivity index (χ0n) is 18.6. The highest BCUT2D eigenvalue weighted by Gasteiger charge is 2.36. The number of pyridine rings is 1. The summed E-state index contributed by atoms with van der Waals surface area (Å²) in [6.07, 6.45) is 5.54. The predicted octanol–water partition coefficient (Wildman–Crippen LogP) is 3.82. The quantitative estimate of drug-likeness (QED) is 0.604. The molecule has 0 radical (unpaired) electrons. The molecule has 0 aliphatic carbocycles. The number of aromatic nitrogens is 1. The number of rotatable bonds is 8. The smallest absolute Gasteiger partial charge is 0.328 e. The molecule has 2 heterocycles. The maximum absolute atomic E-state index is 13.2. The van der Waals surface area contributed by atoms with Crippen LogP contribution in [-0.2, 0) is 9.53 Å². The van der Waals surface area contributed by atoms with Gasteiger partial charge in [-0.1, -0.05) is 19.9 Å². The minimum absolute atomic E-state index is 0.121. The number of esters is 1. The van der Waals surface area contributed by atoms with Gasteiger partial charge in [0.1, 0.15) is 6.04 Å². The molecular formula is C23H34N4O3. The van der Waals surface area contributed by atoms with Gasteiger partial charge in [-0.05, 0) is 56.6 Å². The molecule has 0 spiro atoms. The van der Waals surface area contributed by atoms with Crippen molar-refractivity contribution in [3.8, 4) is 6.07 Å². The van der Waals surface area contributed by atoms with Gasteiger partial charge in [0.05, 0.1) is 18.6 Å². The van der Waals surface area contributed by atoms with Crippen LogP contribution in [-0.4, -0.2) is 59.1 Å². The number of likely N-dealkylation sites (N-methyl/N-ethyl adjacent to an activating group) is 1. The summed E-state index contributed by atoms with van der Waals surface area (Å²) < 4.78 is 5.24. The zero-order chi connectivity index (χ0) is 22.1. The molecule has 1 aromatic rings. The molecule has 30 heavy (non-hydrogen) atoms. The van der Waals surface area contributed by atoms with E-state index in [9.17, 15) is 14.9 Å². The first-order valence-electron chi connectivity index (χ1n) is 10.9. The van der Waals surface area contributed by atoms with Crippen molar-refractivity contribution in [3.63, 3.8) is 0 Å². The molecule has 1 aliphatic heterocycles. The number of hydrogen-bond acceptors (Lipinski definition) is 5. The summed E-state index contributed by atoms with van der Waals surface area (Å²) in [5.41, 5.74) is 0.930. The Balaban J connectivity index is 2.06. The lowest BCUT2D eigenvalue weighted by Crippen LogP contribution is -2.53. The number of nitrogens with zero attached hydrogens (tertiary/aromatic N) is 4. The normalized spacial score (nSPS) is 16.6. The fourth-order valence-corrected chi connectivity index (χ4v) is 4.14. The van der Waals surface area contributed by atoms with Gasteiger partial charge >= 0.3 is 12.0 Å². The number of carbonyl (C=O) groups excluding carboxylic acids is 2. The van der Waals surface area contributed by atoms with Crippen molar-refractivity contribution in [2.75, 3.05) is 26.2 Å². The van der Waals surface area contributed by atoms with Crippen molar-refractivity contribution in [1.82, 2.24) is 14.8 Å². The third kappa shape index (κ3) is 5.94. The van der Waals surface area contributed by atoms with Gasteiger partial charge in [0, 0.05) is 32.0 Å². The molecule has 7 nitrogen and oxygen atoms in total. The van der Waals surface area contributed by atoms with Crippen molar-refractivity contribution in [2.45, 2.75) is 58.9 Å². The molecule has 0 bridgehead atoms. The van der Waals surface area contributed by atoms with Crippen molar-refractivity contribution < 1.29 is 14.3 Å². The molecule has 0 N–H and O–H groups in total. The van der Waals surface area contributed by atoms with E-state index in [1.807, 2.05) is 37.8 Å². The van der Waals surface area contributed by atoms with E-state index < -0.39 is 6.04 Å². The van der Waals surface area contributed by atoms with E-state index in [1.165, 1.54) is 0 Å². The van der Waals surface area contributed by atoms with E-state index in [2.05, 4.69) is 11.1 Å². The van der Waals surface area contributed by atoms with Crippen LogP contribution in [0.3, 0.4) is 0 Å². The maximum Gasteiger partial charge on any atom is 0.328 e. The van der Waals surface area contributed by atoms with E-state index >= 15 is 0 Å². The van der Waals surface area contributed by atoms with E-state index in [1.54, 1.807) is 24.2 Å². The van der Waals surface area contributed by atoms with Crippen LogP contribution >= 0.6 is 0 Å². The second-order valence-corrected chi connectivity index (χ2v) is 8.18. The minimum atomic E-state index is -0.567. The van der Waals surface area contributed by atoms with Gasteiger partial charge in [-0.2, -0.15) is 5.26 Å². The third-order valence-electron chi connectivity index (χ3n) is 5.68. The number of piperidine rings is 1. The second-order valence-electron chi connectivity index (χ2n) is 8.18. The second kappa shape index (κ2) is 11.5. The van der Waals surface area contributed by atoms with Crippen LogP contribution in [0.25, 0.3) is 0 Å². The Labute approximate surface area is 180 Å². The zero-order valence-corrected chi connectivity index (χ0v) is 18.6. The highest BCUT2D eigenvalue weighted by atomic mass is 16.5. The summed E-state index contributed by atoms with van der Waals surface area (Å²) in [5.74, 6) is -0.0958. The monoisotopic (exact) mass is 414 g/mol. The van der Waals surface area contributed by atoms with Gasteiger partial charge in [-0.25, -0.2) is 9.59 Å². The Bertz CT molecular complexity index is 724. The number of urea groups is 1. The van der Waals surface area contributed by atoms with Crippen LogP contribution < -0.4 is 0 Å². The number of nitriles is 1. The van der Waals surface area contributed by atoms with Crippen molar-refractivity contribution >= 4 is 12.0 Å². The Morgan fingerprint density at radius 1 is 1.33 bits per heavy atom. The molecule has 2 amide bonds.